The van der Waals surface area contributed by atoms with E-state index >= 15 is 0 Å². The zero-order valence-electron chi connectivity index (χ0n) is 8.58. The van der Waals surface area contributed by atoms with Crippen molar-refractivity contribution in [2.75, 3.05) is 5.73 Å². The zero-order valence-corrected chi connectivity index (χ0v) is 12.6. The van der Waals surface area contributed by atoms with Crippen molar-refractivity contribution in [1.29, 1.82) is 0 Å². The molecule has 0 atom stereocenters. The highest BCUT2D eigenvalue weighted by Crippen LogP contribution is 2.35. The molecule has 2 rings (SSSR count). The van der Waals surface area contributed by atoms with Crippen molar-refractivity contribution < 1.29 is 4.39 Å². The second-order valence-electron chi connectivity index (χ2n) is 3.36. The van der Waals surface area contributed by atoms with Crippen LogP contribution < -0.4 is 5.73 Å². The Morgan fingerprint density at radius 1 is 1.12 bits per heavy atom. The van der Waals surface area contributed by atoms with Crippen LogP contribution in [-0.2, 0) is 0 Å². The van der Waals surface area contributed by atoms with Crippen LogP contribution >= 0.6 is 43.6 Å². The van der Waals surface area contributed by atoms with Gasteiger partial charge in [0.1, 0.15) is 5.82 Å². The maximum absolute atomic E-state index is 13.2. The van der Waals surface area contributed by atoms with Gasteiger partial charge in [-0.15, -0.1) is 0 Å². The number of nitrogen functional groups attached to an aromatic ring is 1. The average molecular weight is 377 g/mol. The van der Waals surface area contributed by atoms with E-state index in [0.717, 1.165) is 14.3 Å². The third-order valence-electron chi connectivity index (χ3n) is 2.08. The molecule has 0 saturated heterocycles. The summed E-state index contributed by atoms with van der Waals surface area (Å²) < 4.78 is 14.6. The molecular weight excluding hydrogens is 369 g/mol. The van der Waals surface area contributed by atoms with Crippen LogP contribution in [0.1, 0.15) is 0 Å². The van der Waals surface area contributed by atoms with E-state index in [1.54, 1.807) is 6.07 Å². The van der Waals surface area contributed by atoms with Crippen LogP contribution in [0, 0.1) is 5.82 Å². The molecule has 0 bridgehead atoms. The van der Waals surface area contributed by atoms with Crippen LogP contribution in [-0.4, -0.2) is 0 Å². The van der Waals surface area contributed by atoms with Gasteiger partial charge in [-0.2, -0.15) is 0 Å². The first-order chi connectivity index (χ1) is 8.06. The monoisotopic (exact) mass is 375 g/mol. The Hall–Kier alpha value is -0.520. The van der Waals surface area contributed by atoms with E-state index in [9.17, 15) is 4.39 Å². The number of nitrogens with two attached hydrogens (primary N) is 1. The van der Waals surface area contributed by atoms with Crippen LogP contribution in [0.3, 0.4) is 0 Å². The number of benzene rings is 2. The van der Waals surface area contributed by atoms with E-state index < -0.39 is 0 Å². The summed E-state index contributed by atoms with van der Waals surface area (Å²) in [7, 11) is 0. The Balaban J connectivity index is 2.33. The van der Waals surface area contributed by atoms with Crippen molar-refractivity contribution >= 4 is 49.3 Å². The molecule has 0 aromatic heterocycles. The maximum Gasteiger partial charge on any atom is 0.139 e. The van der Waals surface area contributed by atoms with Gasteiger partial charge in [0.25, 0.3) is 0 Å². The van der Waals surface area contributed by atoms with Crippen LogP contribution in [0.4, 0.5) is 10.1 Å². The molecule has 0 fully saturated rings. The highest BCUT2D eigenvalue weighted by atomic mass is 79.9. The van der Waals surface area contributed by atoms with Gasteiger partial charge < -0.3 is 5.73 Å². The molecule has 0 heterocycles. The van der Waals surface area contributed by atoms with Gasteiger partial charge >= 0.3 is 0 Å². The van der Waals surface area contributed by atoms with Crippen molar-refractivity contribution in [2.24, 2.45) is 0 Å². The lowest BCUT2D eigenvalue weighted by atomic mass is 10.3. The van der Waals surface area contributed by atoms with E-state index in [-0.39, 0.29) is 5.82 Å². The lowest BCUT2D eigenvalue weighted by molar-refractivity contribution is 0.620. The Morgan fingerprint density at radius 2 is 1.88 bits per heavy atom. The predicted molar refractivity (Wildman–Crippen MR) is 76.8 cm³/mol. The molecule has 0 aliphatic heterocycles. The fraction of sp³-hybridized carbons (Fsp3) is 0. The zero-order chi connectivity index (χ0) is 12.4. The number of hydrogen-bond donors (Lipinski definition) is 1. The summed E-state index contributed by atoms with van der Waals surface area (Å²) in [5.41, 5.74) is 6.22. The minimum Gasteiger partial charge on any atom is -0.398 e. The largest absolute Gasteiger partial charge is 0.398 e. The van der Waals surface area contributed by atoms with Gasteiger partial charge in [0, 0.05) is 20.0 Å². The number of rotatable bonds is 2. The maximum atomic E-state index is 13.2. The summed E-state index contributed by atoms with van der Waals surface area (Å²) in [5, 5.41) is 0. The van der Waals surface area contributed by atoms with Crippen molar-refractivity contribution in [3.63, 3.8) is 0 Å². The number of anilines is 1. The third-order valence-corrected chi connectivity index (χ3v) is 4.24. The Morgan fingerprint density at radius 3 is 2.59 bits per heavy atom. The molecule has 0 saturated carbocycles. The van der Waals surface area contributed by atoms with Gasteiger partial charge in [-0.3, -0.25) is 0 Å². The summed E-state index contributed by atoms with van der Waals surface area (Å²) in [5.74, 6) is -0.346. The molecule has 5 heteroatoms. The molecule has 17 heavy (non-hydrogen) atoms. The lowest BCUT2D eigenvalue weighted by Crippen LogP contribution is -1.91. The van der Waals surface area contributed by atoms with Crippen molar-refractivity contribution in [2.45, 2.75) is 9.79 Å². The second kappa shape index (κ2) is 5.42. The average Bonchev–Trinajstić information content (AvgIpc) is 2.26. The molecule has 0 amide bonds. The first-order valence-electron chi connectivity index (χ1n) is 4.74. The van der Waals surface area contributed by atoms with Crippen LogP contribution in [0.25, 0.3) is 0 Å². The van der Waals surface area contributed by atoms with E-state index in [2.05, 4.69) is 31.9 Å². The highest BCUT2D eigenvalue weighted by molar-refractivity contribution is 9.10. The minimum absolute atomic E-state index is 0.346. The Kier molecular flexibility index (Phi) is 4.12. The molecule has 88 valence electrons. The molecule has 2 N–H and O–H groups in total. The van der Waals surface area contributed by atoms with Crippen LogP contribution in [0.2, 0.25) is 0 Å². The van der Waals surface area contributed by atoms with Gasteiger partial charge in [-0.05, 0) is 46.3 Å². The van der Waals surface area contributed by atoms with Gasteiger partial charge in [0.05, 0.1) is 4.47 Å². The normalized spacial score (nSPS) is 10.5. The molecule has 0 aliphatic rings. The standard InChI is InChI=1S/C12H8Br2FNS/c13-7-2-1-3-8(4-7)17-12-5-9(14)10(15)6-11(12)16/h1-6H,16H2. The van der Waals surface area contributed by atoms with Crippen molar-refractivity contribution in [3.8, 4) is 0 Å². The first kappa shape index (κ1) is 12.9. The van der Waals surface area contributed by atoms with Gasteiger partial charge in [-0.25, -0.2) is 4.39 Å². The van der Waals surface area contributed by atoms with Crippen LogP contribution in [0.5, 0.6) is 0 Å². The Labute approximate surface area is 120 Å². The Bertz CT molecular complexity index is 560. The molecule has 0 spiro atoms. The van der Waals surface area contributed by atoms with E-state index in [0.29, 0.717) is 10.2 Å². The quantitative estimate of drug-likeness (QED) is 0.739. The molecule has 0 aliphatic carbocycles. The van der Waals surface area contributed by atoms with Crippen LogP contribution in [0.15, 0.2) is 55.1 Å². The molecular formula is C12H8Br2FNS. The second-order valence-corrected chi connectivity index (χ2v) is 6.25. The van der Waals surface area contributed by atoms with E-state index in [1.807, 2.05) is 24.3 Å². The van der Waals surface area contributed by atoms with Gasteiger partial charge in [0.15, 0.2) is 0 Å². The summed E-state index contributed by atoms with van der Waals surface area (Å²) >= 11 is 8.06. The smallest absolute Gasteiger partial charge is 0.139 e. The highest BCUT2D eigenvalue weighted by Gasteiger charge is 2.07. The lowest BCUT2D eigenvalue weighted by Gasteiger charge is -2.07. The summed E-state index contributed by atoms with van der Waals surface area (Å²) in [6, 6.07) is 10.9. The van der Waals surface area contributed by atoms with E-state index in [1.165, 1.54) is 17.8 Å². The fourth-order valence-electron chi connectivity index (χ4n) is 1.29. The van der Waals surface area contributed by atoms with Gasteiger partial charge in [0.2, 0.25) is 0 Å². The topological polar surface area (TPSA) is 26.0 Å². The SMILES string of the molecule is Nc1cc(F)c(Br)cc1Sc1cccc(Br)c1. The first-order valence-corrected chi connectivity index (χ1v) is 7.14. The van der Waals surface area contributed by atoms with Crippen molar-refractivity contribution in [3.05, 3.63) is 51.2 Å². The molecule has 2 aromatic rings. The van der Waals surface area contributed by atoms with Gasteiger partial charge in [-0.1, -0.05) is 33.8 Å². The molecule has 1 nitrogen and oxygen atoms in total. The predicted octanol–water partition coefficient (Wildman–Crippen LogP) is 5.08. The molecule has 0 unspecified atom stereocenters. The number of halogens is 3. The minimum atomic E-state index is -0.346. The van der Waals surface area contributed by atoms with Crippen molar-refractivity contribution in [1.82, 2.24) is 0 Å². The summed E-state index contributed by atoms with van der Waals surface area (Å²) in [6.45, 7) is 0. The third kappa shape index (κ3) is 3.24. The summed E-state index contributed by atoms with van der Waals surface area (Å²) in [6.07, 6.45) is 0. The molecule has 0 radical (unpaired) electrons. The summed E-state index contributed by atoms with van der Waals surface area (Å²) in [4.78, 5) is 1.88. The van der Waals surface area contributed by atoms with E-state index in [4.69, 9.17) is 5.73 Å². The number of hydrogen-bond acceptors (Lipinski definition) is 2. The molecule has 2 aromatic carbocycles. The fourth-order valence-corrected chi connectivity index (χ4v) is 3.28.